The number of hydrogen-bond acceptors (Lipinski definition) is 2. The Balaban J connectivity index is 3.61. The number of rotatable bonds is 2. The quantitative estimate of drug-likeness (QED) is 0.712. The van der Waals surface area contributed by atoms with Gasteiger partial charge >= 0.3 is 54.1 Å². The molecule has 0 aromatic rings. The van der Waals surface area contributed by atoms with Crippen LogP contribution in [0.15, 0.2) is 0 Å². The van der Waals surface area contributed by atoms with Crippen LogP contribution in [0.1, 0.15) is 0 Å². The molecule has 2 nitrogen and oxygen atoms in total. The zero-order chi connectivity index (χ0) is 5.91. The summed E-state index contributed by atoms with van der Waals surface area (Å²) in [7, 11) is 3.37. The molecular weight excluding hydrogens is 283 g/mol. The molecule has 0 aliphatic heterocycles. The van der Waals surface area contributed by atoms with E-state index in [0.717, 1.165) is 0 Å². The first kappa shape index (κ1) is 8.04. The zero-order valence-electron chi connectivity index (χ0n) is 4.67. The first-order valence-corrected chi connectivity index (χ1v) is 7.74. The average Bonchev–Trinajstić information content (AvgIpc) is 1.68. The normalized spacial score (nSPS) is 11.9. The molecule has 0 radical (unpaired) electrons. The second kappa shape index (κ2) is 3.14. The molecule has 4 heteroatoms. The van der Waals surface area contributed by atoms with Gasteiger partial charge in [0.15, 0.2) is 0 Å². The minimum absolute atomic E-state index is 1.32. The van der Waals surface area contributed by atoms with E-state index in [9.17, 15) is 0 Å². The SMILES string of the molecule is CO[P](C)(=[W])OC. The van der Waals surface area contributed by atoms with E-state index in [2.05, 4.69) is 0 Å². The van der Waals surface area contributed by atoms with Gasteiger partial charge in [0.25, 0.3) is 0 Å². The van der Waals surface area contributed by atoms with Crippen molar-refractivity contribution < 1.29 is 27.9 Å². The monoisotopic (exact) mass is 292 g/mol. The molecule has 0 aromatic carbocycles. The van der Waals surface area contributed by atoms with Crippen molar-refractivity contribution in [2.45, 2.75) is 0 Å². The van der Waals surface area contributed by atoms with Gasteiger partial charge in [0.2, 0.25) is 0 Å². The Labute approximate surface area is 54.5 Å². The van der Waals surface area contributed by atoms with E-state index >= 15 is 0 Å². The minimum atomic E-state index is -1.32. The Bertz CT molecular complexity index is 84.9. The second-order valence-electron chi connectivity index (χ2n) is 1.14. The van der Waals surface area contributed by atoms with Crippen LogP contribution in [0, 0.1) is 0 Å². The molecule has 0 rings (SSSR count). The van der Waals surface area contributed by atoms with Crippen LogP contribution in [0.2, 0.25) is 0 Å². The summed E-state index contributed by atoms with van der Waals surface area (Å²) in [5.41, 5.74) is 0. The first-order valence-electron chi connectivity index (χ1n) is 1.81. The first-order chi connectivity index (χ1) is 3.12. The Morgan fingerprint density at radius 3 is 1.57 bits per heavy atom. The summed E-state index contributed by atoms with van der Waals surface area (Å²) in [6.07, 6.45) is 0. The van der Waals surface area contributed by atoms with E-state index in [-0.39, 0.29) is 0 Å². The molecule has 7 heavy (non-hydrogen) atoms. The molecule has 0 atom stereocenters. The zero-order valence-corrected chi connectivity index (χ0v) is 8.50. The summed E-state index contributed by atoms with van der Waals surface area (Å²) in [4.78, 5) is 0. The van der Waals surface area contributed by atoms with Crippen LogP contribution in [-0.2, 0) is 27.9 Å². The topological polar surface area (TPSA) is 18.5 Å². The van der Waals surface area contributed by atoms with Crippen LogP contribution in [0.25, 0.3) is 0 Å². The molecule has 0 spiro atoms. The molecule has 0 aliphatic rings. The van der Waals surface area contributed by atoms with Crippen molar-refractivity contribution in [3.63, 3.8) is 0 Å². The third-order valence-corrected chi connectivity index (χ3v) is 5.20. The summed E-state index contributed by atoms with van der Waals surface area (Å²) in [5, 5.41) is -1.32. The molecule has 44 valence electrons. The summed E-state index contributed by atoms with van der Waals surface area (Å²) < 4.78 is 10.0. The third-order valence-electron chi connectivity index (χ3n) is 0.663. The van der Waals surface area contributed by atoms with Crippen molar-refractivity contribution in [3.05, 3.63) is 0 Å². The van der Waals surface area contributed by atoms with Crippen LogP contribution < -0.4 is 0 Å². The van der Waals surface area contributed by atoms with Gasteiger partial charge in [-0.1, -0.05) is 0 Å². The molecule has 0 aliphatic carbocycles. The molecular formula is C3H9O2PW. The van der Waals surface area contributed by atoms with Crippen molar-refractivity contribution in [2.75, 3.05) is 20.9 Å². The van der Waals surface area contributed by atoms with Gasteiger partial charge in [-0.25, -0.2) is 0 Å². The average molecular weight is 292 g/mol. The molecule has 0 unspecified atom stereocenters. The summed E-state index contributed by atoms with van der Waals surface area (Å²) in [6, 6.07) is 0. The fraction of sp³-hybridized carbons (Fsp3) is 1.00. The van der Waals surface area contributed by atoms with Gasteiger partial charge < -0.3 is 0 Å². The van der Waals surface area contributed by atoms with E-state index in [0.29, 0.717) is 0 Å². The van der Waals surface area contributed by atoms with Gasteiger partial charge in [-0.2, -0.15) is 0 Å². The second-order valence-corrected chi connectivity index (χ2v) is 10.6. The number of hydrogen-bond donors (Lipinski definition) is 0. The molecule has 0 saturated carbocycles. The summed E-state index contributed by atoms with van der Waals surface area (Å²) in [6.45, 7) is 2.00. The van der Waals surface area contributed by atoms with Gasteiger partial charge in [0, 0.05) is 0 Å². The van der Waals surface area contributed by atoms with Crippen molar-refractivity contribution in [3.8, 4) is 0 Å². The Kier molecular flexibility index (Phi) is 3.61. The van der Waals surface area contributed by atoms with Gasteiger partial charge in [-0.15, -0.1) is 0 Å². The van der Waals surface area contributed by atoms with E-state index in [1.807, 2.05) is 6.66 Å². The Morgan fingerprint density at radius 1 is 1.29 bits per heavy atom. The fourth-order valence-electron chi connectivity index (χ4n) is 0.0745. The fourth-order valence-corrected chi connectivity index (χ4v) is 0.224. The van der Waals surface area contributed by atoms with E-state index in [1.54, 1.807) is 14.2 Å². The van der Waals surface area contributed by atoms with Gasteiger partial charge in [-0.3, -0.25) is 0 Å². The van der Waals surface area contributed by atoms with Crippen molar-refractivity contribution >= 4 is 5.35 Å². The van der Waals surface area contributed by atoms with Gasteiger partial charge in [-0.05, 0) is 0 Å². The summed E-state index contributed by atoms with van der Waals surface area (Å²) in [5.74, 6) is 0. The molecule has 0 N–H and O–H groups in total. The predicted octanol–water partition coefficient (Wildman–Crippen LogP) is 1.22. The maximum absolute atomic E-state index is 5.01. The van der Waals surface area contributed by atoms with Crippen LogP contribution in [0.3, 0.4) is 0 Å². The van der Waals surface area contributed by atoms with Gasteiger partial charge in [0.1, 0.15) is 0 Å². The third kappa shape index (κ3) is 3.61. The van der Waals surface area contributed by atoms with Crippen LogP contribution in [0.4, 0.5) is 0 Å². The predicted molar refractivity (Wildman–Crippen MR) is 26.9 cm³/mol. The van der Waals surface area contributed by atoms with Crippen LogP contribution in [0.5, 0.6) is 0 Å². The van der Waals surface area contributed by atoms with Gasteiger partial charge in [0.05, 0.1) is 0 Å². The van der Waals surface area contributed by atoms with E-state index < -0.39 is 5.35 Å². The van der Waals surface area contributed by atoms with Crippen molar-refractivity contribution in [2.24, 2.45) is 0 Å². The molecule has 0 aromatic heterocycles. The molecule has 0 amide bonds. The standard InChI is InChI=1S/C3H9O2P.W/c1-4-6(3)5-2;/h1-3H3;. The van der Waals surface area contributed by atoms with Crippen LogP contribution in [-0.4, -0.2) is 20.9 Å². The Morgan fingerprint density at radius 2 is 1.57 bits per heavy atom. The van der Waals surface area contributed by atoms with E-state index in [4.69, 9.17) is 9.05 Å². The van der Waals surface area contributed by atoms with Crippen molar-refractivity contribution in [1.82, 2.24) is 0 Å². The Hall–Kier alpha value is 1.04. The van der Waals surface area contributed by atoms with E-state index in [1.165, 1.54) is 18.8 Å². The summed E-state index contributed by atoms with van der Waals surface area (Å²) >= 11 is 1.40. The molecule has 0 heterocycles. The molecule has 0 fully saturated rings. The maximum atomic E-state index is 5.01. The molecule has 0 saturated heterocycles. The van der Waals surface area contributed by atoms with Crippen molar-refractivity contribution in [1.29, 1.82) is 0 Å². The molecule has 0 bridgehead atoms. The van der Waals surface area contributed by atoms with Crippen LogP contribution >= 0.6 is 5.35 Å².